The molecule has 1 saturated carbocycles. The van der Waals surface area contributed by atoms with Crippen LogP contribution in [0.2, 0.25) is 0 Å². The van der Waals surface area contributed by atoms with Gasteiger partial charge in [0.1, 0.15) is 6.29 Å². The molecule has 3 heteroatoms. The van der Waals surface area contributed by atoms with Gasteiger partial charge in [0.05, 0.1) is 0 Å². The standard InChI is InChI=1S/C7H12O.C3H4O2/c8-6-7-4-2-1-3-5-7;1-2-3(4)5/h6-7H,1-5H2;2H,1H2,(H,4,5). The van der Waals surface area contributed by atoms with Crippen molar-refractivity contribution in [2.24, 2.45) is 5.92 Å². The lowest BCUT2D eigenvalue weighted by Gasteiger charge is -2.14. The fourth-order valence-electron chi connectivity index (χ4n) is 1.27. The maximum absolute atomic E-state index is 10.2. The predicted molar refractivity (Wildman–Crippen MR) is 50.5 cm³/mol. The van der Waals surface area contributed by atoms with Crippen molar-refractivity contribution >= 4 is 12.3 Å². The number of rotatable bonds is 2. The number of hydrogen-bond acceptors (Lipinski definition) is 2. The fourth-order valence-corrected chi connectivity index (χ4v) is 1.27. The summed E-state index contributed by atoms with van der Waals surface area (Å²) in [5.41, 5.74) is 0. The second-order valence-corrected chi connectivity index (χ2v) is 3.08. The number of aldehydes is 1. The Morgan fingerprint density at radius 3 is 2.00 bits per heavy atom. The molecule has 0 spiro atoms. The van der Waals surface area contributed by atoms with Crippen molar-refractivity contribution in [3.8, 4) is 0 Å². The van der Waals surface area contributed by atoms with Crippen LogP contribution in [-0.4, -0.2) is 17.4 Å². The first-order valence-corrected chi connectivity index (χ1v) is 4.51. The molecule has 0 aliphatic heterocycles. The van der Waals surface area contributed by atoms with Gasteiger partial charge in [0.15, 0.2) is 0 Å². The van der Waals surface area contributed by atoms with E-state index in [-0.39, 0.29) is 0 Å². The Balaban J connectivity index is 0.000000252. The van der Waals surface area contributed by atoms with E-state index < -0.39 is 5.97 Å². The molecular formula is C10H16O3. The van der Waals surface area contributed by atoms with E-state index in [1.165, 1.54) is 19.3 Å². The number of carbonyl (C=O) groups is 2. The van der Waals surface area contributed by atoms with Gasteiger partial charge in [0.25, 0.3) is 0 Å². The first-order chi connectivity index (χ1) is 6.20. The minimum Gasteiger partial charge on any atom is -0.478 e. The zero-order valence-electron chi connectivity index (χ0n) is 7.74. The van der Waals surface area contributed by atoms with Crippen LogP contribution in [0.15, 0.2) is 12.7 Å². The molecular weight excluding hydrogens is 168 g/mol. The molecule has 13 heavy (non-hydrogen) atoms. The van der Waals surface area contributed by atoms with Crippen LogP contribution in [0, 0.1) is 5.92 Å². The van der Waals surface area contributed by atoms with E-state index in [1.807, 2.05) is 0 Å². The quantitative estimate of drug-likeness (QED) is 0.527. The van der Waals surface area contributed by atoms with Gasteiger partial charge in [-0.15, -0.1) is 0 Å². The molecule has 3 nitrogen and oxygen atoms in total. The maximum Gasteiger partial charge on any atom is 0.327 e. The Morgan fingerprint density at radius 2 is 1.77 bits per heavy atom. The van der Waals surface area contributed by atoms with Gasteiger partial charge in [-0.05, 0) is 12.8 Å². The van der Waals surface area contributed by atoms with Crippen LogP contribution in [0.4, 0.5) is 0 Å². The van der Waals surface area contributed by atoms with E-state index in [1.54, 1.807) is 0 Å². The number of hydrogen-bond donors (Lipinski definition) is 1. The van der Waals surface area contributed by atoms with Gasteiger partial charge in [-0.1, -0.05) is 25.8 Å². The average Bonchev–Trinajstić information content (AvgIpc) is 2.20. The van der Waals surface area contributed by atoms with E-state index >= 15 is 0 Å². The van der Waals surface area contributed by atoms with Crippen molar-refractivity contribution < 1.29 is 14.7 Å². The van der Waals surface area contributed by atoms with Gasteiger partial charge < -0.3 is 9.90 Å². The van der Waals surface area contributed by atoms with E-state index in [0.717, 1.165) is 25.2 Å². The molecule has 1 fully saturated rings. The Morgan fingerprint density at radius 1 is 1.31 bits per heavy atom. The second kappa shape index (κ2) is 7.53. The topological polar surface area (TPSA) is 54.4 Å². The van der Waals surface area contributed by atoms with Crippen LogP contribution in [0.3, 0.4) is 0 Å². The van der Waals surface area contributed by atoms with Crippen LogP contribution >= 0.6 is 0 Å². The van der Waals surface area contributed by atoms with Crippen molar-refractivity contribution in [1.29, 1.82) is 0 Å². The Labute approximate surface area is 78.5 Å². The zero-order chi connectivity index (χ0) is 10.1. The Kier molecular flexibility index (Phi) is 6.88. The summed E-state index contributed by atoms with van der Waals surface area (Å²) in [5, 5.41) is 7.60. The molecule has 0 aromatic rings. The summed E-state index contributed by atoms with van der Waals surface area (Å²) in [7, 11) is 0. The Bertz CT molecular complexity index is 169. The molecule has 0 aromatic heterocycles. The van der Waals surface area contributed by atoms with Crippen molar-refractivity contribution in [3.63, 3.8) is 0 Å². The van der Waals surface area contributed by atoms with Crippen molar-refractivity contribution in [2.45, 2.75) is 32.1 Å². The normalized spacial score (nSPS) is 16.6. The van der Waals surface area contributed by atoms with Gasteiger partial charge in [-0.25, -0.2) is 4.79 Å². The monoisotopic (exact) mass is 184 g/mol. The van der Waals surface area contributed by atoms with E-state index in [2.05, 4.69) is 6.58 Å². The van der Waals surface area contributed by atoms with E-state index in [4.69, 9.17) is 5.11 Å². The number of aliphatic carboxylic acids is 1. The van der Waals surface area contributed by atoms with E-state index in [0.29, 0.717) is 5.92 Å². The van der Waals surface area contributed by atoms with E-state index in [9.17, 15) is 9.59 Å². The van der Waals surface area contributed by atoms with Crippen molar-refractivity contribution in [3.05, 3.63) is 12.7 Å². The van der Waals surface area contributed by atoms with Crippen molar-refractivity contribution in [2.75, 3.05) is 0 Å². The van der Waals surface area contributed by atoms with Crippen LogP contribution in [0.25, 0.3) is 0 Å². The van der Waals surface area contributed by atoms with Gasteiger partial charge in [-0.2, -0.15) is 0 Å². The summed E-state index contributed by atoms with van der Waals surface area (Å²) < 4.78 is 0. The third-order valence-electron chi connectivity index (χ3n) is 2.02. The molecule has 1 aliphatic carbocycles. The second-order valence-electron chi connectivity index (χ2n) is 3.08. The third kappa shape index (κ3) is 7.25. The first kappa shape index (κ1) is 11.9. The summed E-state index contributed by atoms with van der Waals surface area (Å²) in [4.78, 5) is 19.4. The number of carboxylic acid groups (broad SMARTS) is 1. The average molecular weight is 184 g/mol. The highest BCUT2D eigenvalue weighted by Gasteiger charge is 2.10. The highest BCUT2D eigenvalue weighted by atomic mass is 16.4. The molecule has 0 bridgehead atoms. The summed E-state index contributed by atoms with van der Waals surface area (Å²) in [5.74, 6) is -0.575. The maximum atomic E-state index is 10.2. The van der Waals surface area contributed by atoms with Crippen LogP contribution in [-0.2, 0) is 9.59 Å². The third-order valence-corrected chi connectivity index (χ3v) is 2.02. The number of carboxylic acids is 1. The Hall–Kier alpha value is -1.12. The summed E-state index contributed by atoms with van der Waals surface area (Å²) in [6, 6.07) is 0. The first-order valence-electron chi connectivity index (χ1n) is 4.51. The highest BCUT2D eigenvalue weighted by Crippen LogP contribution is 2.21. The molecule has 1 aliphatic rings. The lowest BCUT2D eigenvalue weighted by molar-refractivity contribution is -0.131. The summed E-state index contributed by atoms with van der Waals surface area (Å²) >= 11 is 0. The van der Waals surface area contributed by atoms with Gasteiger partial charge in [0.2, 0.25) is 0 Å². The molecule has 0 saturated heterocycles. The fraction of sp³-hybridized carbons (Fsp3) is 0.600. The molecule has 0 unspecified atom stereocenters. The lowest BCUT2D eigenvalue weighted by Crippen LogP contribution is -2.06. The van der Waals surface area contributed by atoms with Crippen LogP contribution in [0.5, 0.6) is 0 Å². The molecule has 0 amide bonds. The number of carbonyl (C=O) groups excluding carboxylic acids is 1. The largest absolute Gasteiger partial charge is 0.478 e. The lowest BCUT2D eigenvalue weighted by atomic mass is 9.91. The van der Waals surface area contributed by atoms with Crippen LogP contribution < -0.4 is 0 Å². The molecule has 0 heterocycles. The molecule has 0 radical (unpaired) electrons. The SMILES string of the molecule is C=CC(=O)O.O=CC1CCCCC1. The molecule has 1 N–H and O–H groups in total. The predicted octanol–water partition coefficient (Wildman–Crippen LogP) is 2.02. The van der Waals surface area contributed by atoms with Gasteiger partial charge >= 0.3 is 5.97 Å². The van der Waals surface area contributed by atoms with Gasteiger partial charge in [0, 0.05) is 12.0 Å². The summed E-state index contributed by atoms with van der Waals surface area (Å²) in [6.07, 6.45) is 8.10. The highest BCUT2D eigenvalue weighted by molar-refractivity contribution is 5.78. The summed E-state index contributed by atoms with van der Waals surface area (Å²) in [6.45, 7) is 2.96. The van der Waals surface area contributed by atoms with Crippen LogP contribution in [0.1, 0.15) is 32.1 Å². The molecule has 1 rings (SSSR count). The molecule has 0 atom stereocenters. The van der Waals surface area contributed by atoms with Gasteiger partial charge in [-0.3, -0.25) is 0 Å². The molecule has 0 aromatic carbocycles. The van der Waals surface area contributed by atoms with Crippen molar-refractivity contribution in [1.82, 2.24) is 0 Å². The minimum absolute atomic E-state index is 0.406. The zero-order valence-corrected chi connectivity index (χ0v) is 7.74. The molecule has 74 valence electrons. The minimum atomic E-state index is -0.981. The smallest absolute Gasteiger partial charge is 0.327 e.